The fraction of sp³-hybridized carbons (Fsp3) is 0.458. The number of aryl methyl sites for hydroxylation is 1. The van der Waals surface area contributed by atoms with Crippen molar-refractivity contribution in [2.24, 2.45) is 4.99 Å². The van der Waals surface area contributed by atoms with Crippen molar-refractivity contribution in [1.29, 1.82) is 0 Å². The van der Waals surface area contributed by atoms with Gasteiger partial charge in [-0.3, -0.25) is 4.99 Å². The maximum absolute atomic E-state index is 5.90. The fourth-order valence-corrected chi connectivity index (χ4v) is 3.97. The van der Waals surface area contributed by atoms with Crippen molar-refractivity contribution in [3.8, 4) is 5.75 Å². The van der Waals surface area contributed by atoms with Crippen LogP contribution in [0.15, 0.2) is 47.5 Å². The summed E-state index contributed by atoms with van der Waals surface area (Å²) in [6, 6.07) is 14.5. The van der Waals surface area contributed by atoms with Gasteiger partial charge in [-0.25, -0.2) is 0 Å². The van der Waals surface area contributed by atoms with Crippen LogP contribution in [-0.2, 0) is 19.4 Å². The Bertz CT molecular complexity index is 1010. The van der Waals surface area contributed by atoms with Gasteiger partial charge in [0.05, 0.1) is 6.61 Å². The van der Waals surface area contributed by atoms with Crippen LogP contribution in [0.1, 0.15) is 37.3 Å². The van der Waals surface area contributed by atoms with Crippen molar-refractivity contribution in [1.82, 2.24) is 25.4 Å². The molecule has 0 bridgehead atoms. The third kappa shape index (κ3) is 5.75. The van der Waals surface area contributed by atoms with Crippen molar-refractivity contribution < 1.29 is 4.74 Å². The van der Waals surface area contributed by atoms with E-state index in [-0.39, 0.29) is 0 Å². The Hall–Kier alpha value is -3.09. The largest absolute Gasteiger partial charge is 0.494 e. The molecule has 0 radical (unpaired) electrons. The molecule has 7 nitrogen and oxygen atoms in total. The Morgan fingerprint density at radius 2 is 1.90 bits per heavy atom. The van der Waals surface area contributed by atoms with Crippen LogP contribution < -0.4 is 15.4 Å². The molecule has 1 aliphatic rings. The highest BCUT2D eigenvalue weighted by Gasteiger charge is 2.14. The van der Waals surface area contributed by atoms with Crippen LogP contribution in [-0.4, -0.2) is 47.5 Å². The van der Waals surface area contributed by atoms with Gasteiger partial charge in [0.25, 0.3) is 0 Å². The lowest BCUT2D eigenvalue weighted by atomic mass is 10.1. The molecule has 0 spiro atoms. The second-order valence-corrected chi connectivity index (χ2v) is 7.88. The normalized spacial score (nSPS) is 14.2. The molecule has 4 rings (SSSR count). The molecule has 2 heterocycles. The zero-order valence-electron chi connectivity index (χ0n) is 18.3. The molecule has 3 aromatic rings. The van der Waals surface area contributed by atoms with Gasteiger partial charge < -0.3 is 19.9 Å². The number of fused-ring (bicyclic) bond motifs is 2. The van der Waals surface area contributed by atoms with Crippen LogP contribution in [0.5, 0.6) is 5.75 Å². The monoisotopic (exact) mass is 420 g/mol. The third-order valence-electron chi connectivity index (χ3n) is 5.65. The fourth-order valence-electron chi connectivity index (χ4n) is 3.97. The first-order valence-corrected chi connectivity index (χ1v) is 11.3. The second-order valence-electron chi connectivity index (χ2n) is 7.88. The predicted molar refractivity (Wildman–Crippen MR) is 125 cm³/mol. The van der Waals surface area contributed by atoms with Gasteiger partial charge in [0.2, 0.25) is 0 Å². The smallest absolute Gasteiger partial charge is 0.190 e. The molecule has 0 amide bonds. The van der Waals surface area contributed by atoms with Gasteiger partial charge in [-0.1, -0.05) is 36.8 Å². The number of guanidine groups is 1. The van der Waals surface area contributed by atoms with Gasteiger partial charge in [-0.15, -0.1) is 10.2 Å². The Labute approximate surface area is 183 Å². The molecule has 0 aliphatic carbocycles. The van der Waals surface area contributed by atoms with E-state index in [1.54, 1.807) is 7.05 Å². The van der Waals surface area contributed by atoms with E-state index in [2.05, 4.69) is 60.7 Å². The number of benzene rings is 2. The number of nitrogens with zero attached hydrogens (tertiary/aromatic N) is 4. The SMILES string of the molecule is CN=C(NCCCOc1ccc2ccccc2c1)NCCc1nnc2n1CCCCC2. The molecule has 1 aliphatic heterocycles. The van der Waals surface area contributed by atoms with Gasteiger partial charge in [0.1, 0.15) is 17.4 Å². The molecule has 1 aromatic heterocycles. The topological polar surface area (TPSA) is 76.4 Å². The highest BCUT2D eigenvalue weighted by molar-refractivity contribution is 5.83. The summed E-state index contributed by atoms with van der Waals surface area (Å²) < 4.78 is 8.21. The average molecular weight is 421 g/mol. The first kappa shape index (κ1) is 21.2. The minimum Gasteiger partial charge on any atom is -0.494 e. The lowest BCUT2D eigenvalue weighted by molar-refractivity contribution is 0.311. The van der Waals surface area contributed by atoms with Gasteiger partial charge in [0, 0.05) is 39.5 Å². The maximum Gasteiger partial charge on any atom is 0.190 e. The summed E-state index contributed by atoms with van der Waals surface area (Å²) in [6.07, 6.45) is 6.50. The zero-order valence-corrected chi connectivity index (χ0v) is 18.3. The van der Waals surface area contributed by atoms with Gasteiger partial charge >= 0.3 is 0 Å². The quantitative estimate of drug-likeness (QED) is 0.332. The molecule has 0 unspecified atom stereocenters. The van der Waals surface area contributed by atoms with E-state index in [1.165, 1.54) is 30.0 Å². The van der Waals surface area contributed by atoms with Gasteiger partial charge in [-0.2, -0.15) is 0 Å². The molecule has 0 saturated carbocycles. The highest BCUT2D eigenvalue weighted by Crippen LogP contribution is 2.20. The van der Waals surface area contributed by atoms with Crippen LogP contribution in [0.25, 0.3) is 10.8 Å². The molecule has 2 aromatic carbocycles. The summed E-state index contributed by atoms with van der Waals surface area (Å²) in [5, 5.41) is 17.9. The average Bonchev–Trinajstić information content (AvgIpc) is 3.03. The minimum atomic E-state index is 0.661. The predicted octanol–water partition coefficient (Wildman–Crippen LogP) is 3.33. The van der Waals surface area contributed by atoms with Crippen molar-refractivity contribution in [2.75, 3.05) is 26.7 Å². The van der Waals surface area contributed by atoms with E-state index in [1.807, 2.05) is 12.1 Å². The summed E-state index contributed by atoms with van der Waals surface area (Å²) in [4.78, 5) is 4.31. The molecule has 2 N–H and O–H groups in total. The van der Waals surface area contributed by atoms with Crippen molar-refractivity contribution >= 4 is 16.7 Å². The van der Waals surface area contributed by atoms with Crippen molar-refractivity contribution in [3.05, 3.63) is 54.1 Å². The van der Waals surface area contributed by atoms with E-state index < -0.39 is 0 Å². The van der Waals surface area contributed by atoms with E-state index in [9.17, 15) is 0 Å². The van der Waals surface area contributed by atoms with Crippen molar-refractivity contribution in [3.63, 3.8) is 0 Å². The Balaban J connectivity index is 1.15. The van der Waals surface area contributed by atoms with Crippen LogP contribution >= 0.6 is 0 Å². The van der Waals surface area contributed by atoms with Crippen molar-refractivity contribution in [2.45, 2.75) is 45.1 Å². The first-order valence-electron chi connectivity index (χ1n) is 11.3. The van der Waals surface area contributed by atoms with E-state index >= 15 is 0 Å². The van der Waals surface area contributed by atoms with Gasteiger partial charge in [0.15, 0.2) is 5.96 Å². The first-order chi connectivity index (χ1) is 15.3. The number of nitrogens with one attached hydrogen (secondary N) is 2. The van der Waals surface area contributed by atoms with E-state index in [4.69, 9.17) is 4.74 Å². The molecular formula is C24H32N6O. The zero-order chi connectivity index (χ0) is 21.3. The van der Waals surface area contributed by atoms with Gasteiger partial charge in [-0.05, 0) is 42.2 Å². The molecule has 0 saturated heterocycles. The Morgan fingerprint density at radius 1 is 1.03 bits per heavy atom. The molecular weight excluding hydrogens is 388 g/mol. The summed E-state index contributed by atoms with van der Waals surface area (Å²) in [5.74, 6) is 3.93. The number of hydrogen-bond acceptors (Lipinski definition) is 4. The van der Waals surface area contributed by atoms with Crippen LogP contribution in [0.4, 0.5) is 0 Å². The van der Waals surface area contributed by atoms with Crippen LogP contribution in [0.2, 0.25) is 0 Å². The number of rotatable bonds is 8. The maximum atomic E-state index is 5.90. The lowest BCUT2D eigenvalue weighted by Gasteiger charge is -2.13. The highest BCUT2D eigenvalue weighted by atomic mass is 16.5. The second kappa shape index (κ2) is 10.8. The minimum absolute atomic E-state index is 0.661. The van der Waals surface area contributed by atoms with E-state index in [0.29, 0.717) is 6.61 Å². The molecule has 0 fully saturated rings. The summed E-state index contributed by atoms with van der Waals surface area (Å²) in [5.41, 5.74) is 0. The molecule has 164 valence electrons. The standard InChI is InChI=1S/C24H32N6O/c1-25-24(27-15-13-23-29-28-22-10-3-2-6-16-30(22)23)26-14-7-17-31-21-12-11-19-8-4-5-9-20(19)18-21/h4-5,8-9,11-12,18H,2-3,6-7,10,13-17H2,1H3,(H2,25,26,27). The Morgan fingerprint density at radius 3 is 2.81 bits per heavy atom. The number of ether oxygens (including phenoxy) is 1. The summed E-state index contributed by atoms with van der Waals surface area (Å²) in [6.45, 7) is 3.29. The third-order valence-corrected chi connectivity index (χ3v) is 5.65. The summed E-state index contributed by atoms with van der Waals surface area (Å²) in [7, 11) is 1.80. The Kier molecular flexibility index (Phi) is 7.37. The number of aromatic nitrogens is 3. The molecule has 31 heavy (non-hydrogen) atoms. The number of hydrogen-bond donors (Lipinski definition) is 2. The lowest BCUT2D eigenvalue weighted by Crippen LogP contribution is -2.39. The molecule has 0 atom stereocenters. The van der Waals surface area contributed by atoms with Crippen LogP contribution in [0, 0.1) is 0 Å². The van der Waals surface area contributed by atoms with Crippen LogP contribution in [0.3, 0.4) is 0 Å². The molecule has 7 heteroatoms. The van der Waals surface area contributed by atoms with E-state index in [0.717, 1.165) is 62.3 Å². The number of aliphatic imine (C=N–C) groups is 1. The summed E-state index contributed by atoms with van der Waals surface area (Å²) >= 11 is 0.